The highest BCUT2D eigenvalue weighted by Gasteiger charge is 2.12. The molecule has 0 atom stereocenters. The molecule has 2 N–H and O–H groups in total. The number of hydrogen-bond donors (Lipinski definition) is 2. The van der Waals surface area contributed by atoms with E-state index in [9.17, 15) is 0 Å². The zero-order valence-electron chi connectivity index (χ0n) is 16.9. The number of likely N-dealkylation sites (N-methyl/N-ethyl adjacent to an activating group) is 1. The summed E-state index contributed by atoms with van der Waals surface area (Å²) in [5, 5.41) is 6.70. The second-order valence-electron chi connectivity index (χ2n) is 6.72. The molecule has 1 aliphatic rings. The first-order valence-corrected chi connectivity index (χ1v) is 9.55. The lowest BCUT2D eigenvalue weighted by molar-refractivity contribution is 0.180. The lowest BCUT2D eigenvalue weighted by Gasteiger charge is -2.18. The van der Waals surface area contributed by atoms with Crippen LogP contribution in [0.3, 0.4) is 0 Å². The Hall–Kier alpha value is -1.13. The average molecular weight is 490 g/mol. The van der Waals surface area contributed by atoms with Crippen LogP contribution in [0.2, 0.25) is 0 Å². The van der Waals surface area contributed by atoms with E-state index in [4.69, 9.17) is 4.74 Å². The minimum atomic E-state index is 0. The number of nitrogens with one attached hydrogen (secondary N) is 2. The number of hydrogen-bond acceptors (Lipinski definition) is 5. The Balaban J connectivity index is 0.00000364. The smallest absolute Gasteiger partial charge is 0.191 e. The number of rotatable bonds is 10. The minimum Gasteiger partial charge on any atom is -0.385 e. The maximum atomic E-state index is 5.08. The van der Waals surface area contributed by atoms with Crippen LogP contribution in [0, 0.1) is 0 Å². The molecule has 2 rings (SSSR count). The molecule has 7 nitrogen and oxygen atoms in total. The highest BCUT2D eigenvalue weighted by atomic mass is 127. The van der Waals surface area contributed by atoms with Crippen LogP contribution in [0.1, 0.15) is 24.8 Å². The fourth-order valence-electron chi connectivity index (χ4n) is 3.02. The number of aromatic nitrogens is 1. The Labute approximate surface area is 181 Å². The van der Waals surface area contributed by atoms with Gasteiger partial charge in [0.2, 0.25) is 0 Å². The summed E-state index contributed by atoms with van der Waals surface area (Å²) >= 11 is 0. The zero-order valence-corrected chi connectivity index (χ0v) is 19.2. The van der Waals surface area contributed by atoms with E-state index in [1.807, 2.05) is 6.20 Å². The predicted molar refractivity (Wildman–Crippen MR) is 123 cm³/mol. The summed E-state index contributed by atoms with van der Waals surface area (Å²) in [5.41, 5.74) is 1.16. The van der Waals surface area contributed by atoms with Gasteiger partial charge in [-0.15, -0.1) is 24.0 Å². The minimum absolute atomic E-state index is 0. The topological polar surface area (TPSA) is 65.0 Å². The van der Waals surface area contributed by atoms with Crippen molar-refractivity contribution < 1.29 is 4.74 Å². The molecule has 1 fully saturated rings. The first kappa shape index (κ1) is 23.9. The molecule has 2 heterocycles. The van der Waals surface area contributed by atoms with Crippen LogP contribution in [0.5, 0.6) is 0 Å². The van der Waals surface area contributed by atoms with Gasteiger partial charge in [-0.3, -0.25) is 4.99 Å². The van der Waals surface area contributed by atoms with Crippen molar-refractivity contribution in [2.45, 2.75) is 25.8 Å². The average Bonchev–Trinajstić information content (AvgIpc) is 3.20. The molecule has 1 saturated heterocycles. The third kappa shape index (κ3) is 9.07. The van der Waals surface area contributed by atoms with Gasteiger partial charge in [0.1, 0.15) is 5.82 Å². The summed E-state index contributed by atoms with van der Waals surface area (Å²) in [7, 11) is 5.67. The van der Waals surface area contributed by atoms with Gasteiger partial charge in [-0.05, 0) is 37.9 Å². The monoisotopic (exact) mass is 490 g/mol. The van der Waals surface area contributed by atoms with Gasteiger partial charge in [-0.2, -0.15) is 0 Å². The van der Waals surface area contributed by atoms with Crippen molar-refractivity contribution in [1.29, 1.82) is 0 Å². The van der Waals surface area contributed by atoms with E-state index in [2.05, 4.69) is 49.6 Å². The van der Waals surface area contributed by atoms with Crippen molar-refractivity contribution in [1.82, 2.24) is 20.5 Å². The third-order valence-electron chi connectivity index (χ3n) is 4.60. The van der Waals surface area contributed by atoms with Gasteiger partial charge in [0.05, 0.1) is 0 Å². The van der Waals surface area contributed by atoms with E-state index in [1.54, 1.807) is 14.2 Å². The highest BCUT2D eigenvalue weighted by Crippen LogP contribution is 2.17. The Kier molecular flexibility index (Phi) is 12.4. The summed E-state index contributed by atoms with van der Waals surface area (Å²) in [6, 6.07) is 4.26. The van der Waals surface area contributed by atoms with Crippen molar-refractivity contribution in [3.05, 3.63) is 23.9 Å². The van der Waals surface area contributed by atoms with E-state index in [1.165, 1.54) is 12.8 Å². The number of halogens is 1. The van der Waals surface area contributed by atoms with Crippen LogP contribution < -0.4 is 15.5 Å². The normalized spacial score (nSPS) is 14.4. The molecule has 0 unspecified atom stereocenters. The van der Waals surface area contributed by atoms with Gasteiger partial charge >= 0.3 is 0 Å². The van der Waals surface area contributed by atoms with Crippen molar-refractivity contribution in [3.8, 4) is 0 Å². The van der Waals surface area contributed by atoms with Crippen LogP contribution in [0.15, 0.2) is 23.3 Å². The second-order valence-corrected chi connectivity index (χ2v) is 6.72. The van der Waals surface area contributed by atoms with E-state index >= 15 is 0 Å². The third-order valence-corrected chi connectivity index (χ3v) is 4.60. The van der Waals surface area contributed by atoms with Crippen LogP contribution in [0.25, 0.3) is 0 Å². The number of pyridine rings is 1. The largest absolute Gasteiger partial charge is 0.385 e. The number of ether oxygens (including phenoxy) is 1. The van der Waals surface area contributed by atoms with Crippen LogP contribution >= 0.6 is 24.0 Å². The second kappa shape index (κ2) is 14.0. The van der Waals surface area contributed by atoms with Crippen LogP contribution in [-0.2, 0) is 11.3 Å². The maximum Gasteiger partial charge on any atom is 0.191 e. The lowest BCUT2D eigenvalue weighted by atomic mass is 10.3. The van der Waals surface area contributed by atoms with E-state index < -0.39 is 0 Å². The van der Waals surface area contributed by atoms with Crippen molar-refractivity contribution in [2.75, 3.05) is 65.4 Å². The Morgan fingerprint density at radius 3 is 2.67 bits per heavy atom. The van der Waals surface area contributed by atoms with Crippen molar-refractivity contribution in [3.63, 3.8) is 0 Å². The van der Waals surface area contributed by atoms with E-state index in [-0.39, 0.29) is 24.0 Å². The van der Waals surface area contributed by atoms with Gasteiger partial charge in [0.25, 0.3) is 0 Å². The van der Waals surface area contributed by atoms with Gasteiger partial charge in [0, 0.05) is 66.2 Å². The van der Waals surface area contributed by atoms with Crippen molar-refractivity contribution >= 4 is 35.8 Å². The molecule has 0 spiro atoms. The first-order valence-electron chi connectivity index (χ1n) is 9.55. The molecule has 0 aliphatic carbocycles. The standard InChI is InChI=1S/C19H34N6O.HI/c1-20-19(21-9-13-24(2)10-6-14-26-3)23-16-17-7-8-18(22-15-17)25-11-4-5-12-25;/h7-8,15H,4-6,9-14,16H2,1-3H3,(H2,20,21,23);1H. The molecule has 0 aromatic carbocycles. The van der Waals surface area contributed by atoms with Gasteiger partial charge < -0.3 is 25.2 Å². The Morgan fingerprint density at radius 2 is 2.04 bits per heavy atom. The molecule has 0 radical (unpaired) electrons. The van der Waals surface area contributed by atoms with Gasteiger partial charge in [-0.1, -0.05) is 6.07 Å². The summed E-state index contributed by atoms with van der Waals surface area (Å²) in [5.74, 6) is 1.91. The summed E-state index contributed by atoms with van der Waals surface area (Å²) in [6.07, 6.45) is 5.56. The molecular weight excluding hydrogens is 455 g/mol. The Morgan fingerprint density at radius 1 is 1.26 bits per heavy atom. The molecule has 8 heteroatoms. The zero-order chi connectivity index (χ0) is 18.6. The fourth-order valence-corrected chi connectivity index (χ4v) is 3.02. The van der Waals surface area contributed by atoms with Crippen molar-refractivity contribution in [2.24, 2.45) is 4.99 Å². The molecule has 27 heavy (non-hydrogen) atoms. The molecule has 0 bridgehead atoms. The highest BCUT2D eigenvalue weighted by molar-refractivity contribution is 14.0. The number of nitrogens with zero attached hydrogens (tertiary/aromatic N) is 4. The maximum absolute atomic E-state index is 5.08. The molecule has 1 aromatic rings. The summed E-state index contributed by atoms with van der Waals surface area (Å²) in [6.45, 7) is 6.65. The number of aliphatic imine (C=N–C) groups is 1. The summed E-state index contributed by atoms with van der Waals surface area (Å²) in [4.78, 5) is 13.5. The SMILES string of the molecule is CN=C(NCCN(C)CCCOC)NCc1ccc(N2CCCC2)nc1.I. The molecule has 0 saturated carbocycles. The lowest BCUT2D eigenvalue weighted by Crippen LogP contribution is -2.40. The number of methoxy groups -OCH3 is 1. The van der Waals surface area contributed by atoms with Crippen LogP contribution in [0.4, 0.5) is 5.82 Å². The molecule has 154 valence electrons. The molecule has 0 amide bonds. The van der Waals surface area contributed by atoms with Gasteiger partial charge in [-0.25, -0.2) is 4.98 Å². The van der Waals surface area contributed by atoms with Crippen LogP contribution in [-0.4, -0.2) is 76.4 Å². The van der Waals surface area contributed by atoms with E-state index in [0.29, 0.717) is 0 Å². The number of guanidine groups is 1. The predicted octanol–water partition coefficient (Wildman–Crippen LogP) is 1.93. The quantitative estimate of drug-likeness (QED) is 0.226. The molecule has 1 aliphatic heterocycles. The summed E-state index contributed by atoms with van der Waals surface area (Å²) < 4.78 is 5.08. The molecule has 1 aromatic heterocycles. The first-order chi connectivity index (χ1) is 12.7. The van der Waals surface area contributed by atoms with E-state index in [0.717, 1.165) is 69.6 Å². The number of anilines is 1. The van der Waals surface area contributed by atoms with Gasteiger partial charge in [0.15, 0.2) is 5.96 Å². The molecular formula is C19H35IN6O. The fraction of sp³-hybridized carbons (Fsp3) is 0.684. The Bertz CT molecular complexity index is 534.